The summed E-state index contributed by atoms with van der Waals surface area (Å²) in [4.78, 5) is 27.5. The van der Waals surface area contributed by atoms with Gasteiger partial charge in [0, 0.05) is 12.2 Å². The van der Waals surface area contributed by atoms with Crippen LogP contribution in [0.4, 0.5) is 5.82 Å². The number of aryl methyl sites for hydroxylation is 2. The summed E-state index contributed by atoms with van der Waals surface area (Å²) in [5, 5.41) is 5.81. The van der Waals surface area contributed by atoms with Crippen molar-refractivity contribution in [1.29, 1.82) is 0 Å². The number of primary amides is 1. The lowest BCUT2D eigenvalue weighted by atomic mass is 10.1. The number of carbonyl (C=O) groups excluding carboxylic acids is 2. The van der Waals surface area contributed by atoms with E-state index in [1.807, 2.05) is 13.8 Å². The van der Waals surface area contributed by atoms with Crippen LogP contribution in [0.25, 0.3) is 0 Å². The number of amides is 2. The lowest BCUT2D eigenvalue weighted by Crippen LogP contribution is -2.44. The fourth-order valence-electron chi connectivity index (χ4n) is 2.08. The smallest absolute Gasteiger partial charge is 0.252 e. The first-order valence-corrected chi connectivity index (χ1v) is 6.31. The van der Waals surface area contributed by atoms with Crippen LogP contribution in [0, 0.1) is 13.8 Å². The van der Waals surface area contributed by atoms with Crippen molar-refractivity contribution in [2.24, 2.45) is 5.73 Å². The average Bonchev–Trinajstić information content (AvgIpc) is 2.36. The average molecular weight is 262 g/mol. The Balaban J connectivity index is 2.30. The van der Waals surface area contributed by atoms with E-state index in [1.165, 1.54) is 0 Å². The van der Waals surface area contributed by atoms with E-state index in [2.05, 4.69) is 15.6 Å². The molecule has 2 amide bonds. The number of hydrogen-bond donors (Lipinski definition) is 3. The summed E-state index contributed by atoms with van der Waals surface area (Å²) in [7, 11) is 0. The van der Waals surface area contributed by atoms with Gasteiger partial charge in [-0.3, -0.25) is 9.59 Å². The number of anilines is 1. The van der Waals surface area contributed by atoms with Crippen LogP contribution in [-0.4, -0.2) is 29.4 Å². The Bertz CT molecular complexity index is 528. The highest BCUT2D eigenvalue weighted by Gasteiger charge is 2.24. The van der Waals surface area contributed by atoms with Gasteiger partial charge in [-0.25, -0.2) is 4.98 Å². The molecule has 2 heterocycles. The van der Waals surface area contributed by atoms with E-state index in [0.29, 0.717) is 17.9 Å². The van der Waals surface area contributed by atoms with Gasteiger partial charge in [0.1, 0.15) is 11.9 Å². The number of hydrogen-bond acceptors (Lipinski definition) is 4. The summed E-state index contributed by atoms with van der Waals surface area (Å²) in [6.45, 7) is 4.41. The lowest BCUT2D eigenvalue weighted by molar-refractivity contribution is -0.123. The van der Waals surface area contributed by atoms with Gasteiger partial charge in [-0.15, -0.1) is 0 Å². The Morgan fingerprint density at radius 1 is 1.53 bits per heavy atom. The van der Waals surface area contributed by atoms with Crippen molar-refractivity contribution in [1.82, 2.24) is 10.3 Å². The zero-order chi connectivity index (χ0) is 14.0. The Kier molecular flexibility index (Phi) is 3.69. The number of nitrogens with zero attached hydrogens (tertiary/aromatic N) is 1. The Labute approximate surface area is 111 Å². The number of piperidine rings is 1. The third-order valence-electron chi connectivity index (χ3n) is 3.33. The van der Waals surface area contributed by atoms with Gasteiger partial charge in [-0.1, -0.05) is 0 Å². The van der Waals surface area contributed by atoms with Crippen LogP contribution in [0.3, 0.4) is 0 Å². The highest BCUT2D eigenvalue weighted by Crippen LogP contribution is 2.19. The molecule has 2 rings (SSSR count). The van der Waals surface area contributed by atoms with Crippen LogP contribution in [0.1, 0.15) is 34.5 Å². The zero-order valence-electron chi connectivity index (χ0n) is 11.1. The molecule has 1 aromatic heterocycles. The third-order valence-corrected chi connectivity index (χ3v) is 3.33. The van der Waals surface area contributed by atoms with E-state index < -0.39 is 5.91 Å². The molecule has 0 saturated carbocycles. The topological polar surface area (TPSA) is 97.1 Å². The van der Waals surface area contributed by atoms with E-state index in [1.54, 1.807) is 6.07 Å². The van der Waals surface area contributed by atoms with Crippen LogP contribution in [0.15, 0.2) is 6.07 Å². The number of nitrogens with two attached hydrogens (primary N) is 1. The molecule has 0 aromatic carbocycles. The van der Waals surface area contributed by atoms with Crippen LogP contribution in [0.5, 0.6) is 0 Å². The summed E-state index contributed by atoms with van der Waals surface area (Å²) in [6, 6.07) is 1.34. The number of nitrogens with one attached hydrogen (secondary N) is 2. The van der Waals surface area contributed by atoms with Gasteiger partial charge in [0.2, 0.25) is 5.91 Å². The van der Waals surface area contributed by atoms with Gasteiger partial charge in [0.15, 0.2) is 0 Å². The molecule has 1 fully saturated rings. The summed E-state index contributed by atoms with van der Waals surface area (Å²) < 4.78 is 0. The fourth-order valence-corrected chi connectivity index (χ4v) is 2.08. The first kappa shape index (κ1) is 13.3. The molecule has 0 radical (unpaired) electrons. The van der Waals surface area contributed by atoms with E-state index in [4.69, 9.17) is 5.73 Å². The summed E-state index contributed by atoms with van der Waals surface area (Å²) in [6.07, 6.45) is 1.62. The summed E-state index contributed by atoms with van der Waals surface area (Å²) in [5.74, 6) is -0.228. The zero-order valence-corrected chi connectivity index (χ0v) is 11.1. The Hall–Kier alpha value is -2.11. The van der Waals surface area contributed by atoms with Crippen molar-refractivity contribution in [3.63, 3.8) is 0 Å². The molecule has 0 aliphatic carbocycles. The second kappa shape index (κ2) is 5.26. The van der Waals surface area contributed by atoms with Gasteiger partial charge in [-0.05, 0) is 38.3 Å². The highest BCUT2D eigenvalue weighted by atomic mass is 16.2. The second-order valence-corrected chi connectivity index (χ2v) is 4.78. The maximum atomic E-state index is 11.7. The number of aromatic nitrogens is 1. The number of pyridine rings is 1. The van der Waals surface area contributed by atoms with Crippen LogP contribution >= 0.6 is 0 Å². The van der Waals surface area contributed by atoms with Crippen LogP contribution in [-0.2, 0) is 4.79 Å². The van der Waals surface area contributed by atoms with Gasteiger partial charge in [0.25, 0.3) is 5.91 Å². The molecule has 1 aromatic rings. The second-order valence-electron chi connectivity index (χ2n) is 4.78. The lowest BCUT2D eigenvalue weighted by Gasteiger charge is -2.24. The normalized spacial score (nSPS) is 18.8. The fraction of sp³-hybridized carbons (Fsp3) is 0.462. The maximum Gasteiger partial charge on any atom is 0.252 e. The molecule has 1 aliphatic rings. The van der Waals surface area contributed by atoms with Gasteiger partial charge in [-0.2, -0.15) is 0 Å². The molecule has 102 valence electrons. The van der Waals surface area contributed by atoms with E-state index in [9.17, 15) is 9.59 Å². The van der Waals surface area contributed by atoms with E-state index >= 15 is 0 Å². The van der Waals surface area contributed by atoms with Gasteiger partial charge < -0.3 is 16.4 Å². The van der Waals surface area contributed by atoms with Crippen molar-refractivity contribution < 1.29 is 9.59 Å². The SMILES string of the molecule is Cc1cc(C(N)=O)c(NC2CCCNC2=O)nc1C. The van der Waals surface area contributed by atoms with E-state index in [-0.39, 0.29) is 11.9 Å². The number of carbonyl (C=O) groups is 2. The molecule has 1 unspecified atom stereocenters. The molecule has 0 spiro atoms. The third kappa shape index (κ3) is 2.83. The largest absolute Gasteiger partial charge is 0.365 e. The minimum atomic E-state index is -0.547. The predicted octanol–water partition coefficient (Wildman–Crippen LogP) is 0.488. The van der Waals surface area contributed by atoms with Crippen molar-refractivity contribution >= 4 is 17.6 Å². The number of rotatable bonds is 3. The van der Waals surface area contributed by atoms with Crippen molar-refractivity contribution in [2.75, 3.05) is 11.9 Å². The molecule has 0 bridgehead atoms. The highest BCUT2D eigenvalue weighted by molar-refractivity contribution is 5.98. The van der Waals surface area contributed by atoms with Crippen LogP contribution < -0.4 is 16.4 Å². The Morgan fingerprint density at radius 3 is 2.89 bits per heavy atom. The molecule has 1 atom stereocenters. The first-order valence-electron chi connectivity index (χ1n) is 6.31. The molecule has 1 aliphatic heterocycles. The van der Waals surface area contributed by atoms with Crippen molar-refractivity contribution in [3.05, 3.63) is 22.9 Å². The quantitative estimate of drug-likeness (QED) is 0.738. The standard InChI is InChI=1S/C13H18N4O2/c1-7-6-9(11(14)18)12(16-8(7)2)17-10-4-3-5-15-13(10)19/h6,10H,3-5H2,1-2H3,(H2,14,18)(H,15,19)(H,16,17). The molecule has 6 nitrogen and oxygen atoms in total. The molecule has 4 N–H and O–H groups in total. The maximum absolute atomic E-state index is 11.7. The molecule has 1 saturated heterocycles. The van der Waals surface area contributed by atoms with Gasteiger partial charge >= 0.3 is 0 Å². The van der Waals surface area contributed by atoms with Crippen molar-refractivity contribution in [3.8, 4) is 0 Å². The monoisotopic (exact) mass is 262 g/mol. The molecule has 19 heavy (non-hydrogen) atoms. The van der Waals surface area contributed by atoms with Crippen LogP contribution in [0.2, 0.25) is 0 Å². The predicted molar refractivity (Wildman–Crippen MR) is 71.9 cm³/mol. The minimum Gasteiger partial charge on any atom is -0.365 e. The van der Waals surface area contributed by atoms with Crippen molar-refractivity contribution in [2.45, 2.75) is 32.7 Å². The molecule has 6 heteroatoms. The van der Waals surface area contributed by atoms with Gasteiger partial charge in [0.05, 0.1) is 5.56 Å². The molecular formula is C13H18N4O2. The summed E-state index contributed by atoms with van der Waals surface area (Å²) in [5.41, 5.74) is 7.38. The Morgan fingerprint density at radius 2 is 2.26 bits per heavy atom. The van der Waals surface area contributed by atoms with E-state index in [0.717, 1.165) is 24.1 Å². The molecular weight excluding hydrogens is 244 g/mol. The first-order chi connectivity index (χ1) is 8.99. The summed E-state index contributed by atoms with van der Waals surface area (Å²) >= 11 is 0. The minimum absolute atomic E-state index is 0.0679.